The molecule has 0 saturated carbocycles. The van der Waals surface area contributed by atoms with Crippen LogP contribution in [0.25, 0.3) is 0 Å². The second-order valence-electron chi connectivity index (χ2n) is 2.40. The van der Waals surface area contributed by atoms with Crippen LogP contribution in [-0.2, 0) is 4.74 Å². The maximum atomic E-state index is 13.1. The van der Waals surface area contributed by atoms with E-state index >= 15 is 0 Å². The number of ether oxygens (including phenoxy) is 1. The van der Waals surface area contributed by atoms with Crippen molar-refractivity contribution >= 4 is 17.3 Å². The van der Waals surface area contributed by atoms with Crippen LogP contribution in [-0.4, -0.2) is 19.6 Å². The van der Waals surface area contributed by atoms with Gasteiger partial charge < -0.3 is 10.5 Å². The molecule has 0 saturated heterocycles. The van der Waals surface area contributed by atoms with Crippen molar-refractivity contribution in [2.45, 2.75) is 6.17 Å². The van der Waals surface area contributed by atoms with E-state index in [1.807, 2.05) is 0 Å². The molecule has 72 valence electrons. The fourth-order valence-electron chi connectivity index (χ4n) is 0.951. The van der Waals surface area contributed by atoms with Crippen LogP contribution in [0.5, 0.6) is 0 Å². The highest BCUT2D eigenvalue weighted by atomic mass is 32.1. The van der Waals surface area contributed by atoms with Crippen molar-refractivity contribution in [2.24, 2.45) is 5.73 Å². The van der Waals surface area contributed by atoms with Gasteiger partial charge in [-0.15, -0.1) is 11.3 Å². The minimum atomic E-state index is -1.29. The molecule has 0 bridgehead atoms. The molecule has 0 fully saturated rings. The van der Waals surface area contributed by atoms with E-state index in [0.717, 1.165) is 11.3 Å². The Bertz CT molecular complexity index is 300. The number of halogens is 1. The minimum absolute atomic E-state index is 0.124. The van der Waals surface area contributed by atoms with Crippen molar-refractivity contribution in [1.82, 2.24) is 0 Å². The highest BCUT2D eigenvalue weighted by molar-refractivity contribution is 7.12. The van der Waals surface area contributed by atoms with E-state index < -0.39 is 12.1 Å². The van der Waals surface area contributed by atoms with Crippen molar-refractivity contribution < 1.29 is 13.9 Å². The third-order valence-electron chi connectivity index (χ3n) is 1.61. The van der Waals surface area contributed by atoms with Crippen LogP contribution in [0.1, 0.15) is 21.4 Å². The minimum Gasteiger partial charge on any atom is -0.465 e. The lowest BCUT2D eigenvalue weighted by atomic mass is 10.1. The number of carbonyl (C=O) groups excluding carboxylic acids is 1. The second-order valence-corrected chi connectivity index (χ2v) is 3.32. The number of hydrogen-bond acceptors (Lipinski definition) is 4. The maximum absolute atomic E-state index is 13.1. The fraction of sp³-hybridized carbons (Fsp3) is 0.375. The number of rotatable bonds is 3. The summed E-state index contributed by atoms with van der Waals surface area (Å²) in [6, 6.07) is 1.55. The number of hydrogen-bond donors (Lipinski definition) is 1. The Morgan fingerprint density at radius 1 is 1.85 bits per heavy atom. The van der Waals surface area contributed by atoms with Gasteiger partial charge >= 0.3 is 5.97 Å². The monoisotopic (exact) mass is 203 g/mol. The van der Waals surface area contributed by atoms with Crippen LogP contribution in [0.4, 0.5) is 4.39 Å². The lowest BCUT2D eigenvalue weighted by Gasteiger charge is -2.04. The van der Waals surface area contributed by atoms with Gasteiger partial charge in [0.25, 0.3) is 0 Å². The third kappa shape index (κ3) is 2.05. The van der Waals surface area contributed by atoms with Gasteiger partial charge in [0.1, 0.15) is 11.0 Å². The SMILES string of the molecule is COC(=O)c1sccc1C(F)CN. The van der Waals surface area contributed by atoms with Crippen LogP contribution in [0.2, 0.25) is 0 Å². The summed E-state index contributed by atoms with van der Waals surface area (Å²) in [5.41, 5.74) is 5.47. The van der Waals surface area contributed by atoms with E-state index in [-0.39, 0.29) is 6.54 Å². The lowest BCUT2D eigenvalue weighted by Crippen LogP contribution is -2.11. The first-order valence-electron chi connectivity index (χ1n) is 3.70. The molecule has 1 atom stereocenters. The van der Waals surface area contributed by atoms with Gasteiger partial charge in [-0.05, 0) is 11.4 Å². The van der Waals surface area contributed by atoms with Gasteiger partial charge in [0.2, 0.25) is 0 Å². The molecule has 1 aromatic rings. The summed E-state index contributed by atoms with van der Waals surface area (Å²) in [4.78, 5) is 11.4. The van der Waals surface area contributed by atoms with Gasteiger partial charge in [0.05, 0.1) is 7.11 Å². The predicted molar refractivity (Wildman–Crippen MR) is 48.6 cm³/mol. The van der Waals surface area contributed by atoms with Crippen molar-refractivity contribution in [3.8, 4) is 0 Å². The molecule has 1 unspecified atom stereocenters. The normalized spacial score (nSPS) is 12.5. The molecular weight excluding hydrogens is 193 g/mol. The number of nitrogens with two attached hydrogens (primary N) is 1. The summed E-state index contributed by atoms with van der Waals surface area (Å²) >= 11 is 1.16. The molecule has 0 aromatic carbocycles. The highest BCUT2D eigenvalue weighted by Gasteiger charge is 2.19. The molecule has 0 spiro atoms. The van der Waals surface area contributed by atoms with Gasteiger partial charge in [-0.1, -0.05) is 0 Å². The molecule has 3 nitrogen and oxygen atoms in total. The molecule has 0 radical (unpaired) electrons. The quantitative estimate of drug-likeness (QED) is 0.757. The molecule has 0 amide bonds. The van der Waals surface area contributed by atoms with Crippen LogP contribution in [0.15, 0.2) is 11.4 Å². The zero-order chi connectivity index (χ0) is 9.84. The predicted octanol–water partition coefficient (Wildman–Crippen LogP) is 1.50. The van der Waals surface area contributed by atoms with Crippen molar-refractivity contribution in [3.63, 3.8) is 0 Å². The molecule has 13 heavy (non-hydrogen) atoms. The van der Waals surface area contributed by atoms with E-state index in [1.165, 1.54) is 7.11 Å². The summed E-state index contributed by atoms with van der Waals surface area (Å²) in [7, 11) is 1.27. The second kappa shape index (κ2) is 4.34. The van der Waals surface area contributed by atoms with Crippen molar-refractivity contribution in [2.75, 3.05) is 13.7 Å². The Hall–Kier alpha value is -0.940. The first-order valence-corrected chi connectivity index (χ1v) is 4.58. The molecule has 1 aromatic heterocycles. The van der Waals surface area contributed by atoms with Crippen LogP contribution in [0.3, 0.4) is 0 Å². The first-order chi connectivity index (χ1) is 6.20. The third-order valence-corrected chi connectivity index (χ3v) is 2.52. The van der Waals surface area contributed by atoms with E-state index in [0.29, 0.717) is 10.4 Å². The van der Waals surface area contributed by atoms with Crippen molar-refractivity contribution in [3.05, 3.63) is 21.9 Å². The van der Waals surface area contributed by atoms with Gasteiger partial charge in [-0.3, -0.25) is 0 Å². The standard InChI is InChI=1S/C8H10FNO2S/c1-12-8(11)7-5(2-3-13-7)6(9)4-10/h2-3,6H,4,10H2,1H3. The molecule has 0 aliphatic carbocycles. The van der Waals surface area contributed by atoms with Gasteiger partial charge in [-0.2, -0.15) is 0 Å². The molecule has 1 heterocycles. The number of carbonyl (C=O) groups is 1. The average Bonchev–Trinajstić information content (AvgIpc) is 2.63. The van der Waals surface area contributed by atoms with Crippen LogP contribution >= 0.6 is 11.3 Å². The molecule has 5 heteroatoms. The van der Waals surface area contributed by atoms with Crippen molar-refractivity contribution in [1.29, 1.82) is 0 Å². The Morgan fingerprint density at radius 2 is 2.54 bits per heavy atom. The summed E-state index contributed by atoms with van der Waals surface area (Å²) < 4.78 is 17.6. The van der Waals surface area contributed by atoms with Gasteiger partial charge in [-0.25, -0.2) is 9.18 Å². The topological polar surface area (TPSA) is 52.3 Å². The highest BCUT2D eigenvalue weighted by Crippen LogP contribution is 2.25. The Kier molecular flexibility index (Phi) is 3.39. The molecular formula is C8H10FNO2S. The zero-order valence-electron chi connectivity index (χ0n) is 7.12. The van der Waals surface area contributed by atoms with Crippen LogP contribution < -0.4 is 5.73 Å². The van der Waals surface area contributed by atoms with Gasteiger partial charge in [0.15, 0.2) is 0 Å². The Morgan fingerprint density at radius 3 is 3.08 bits per heavy atom. The number of esters is 1. The summed E-state index contributed by atoms with van der Waals surface area (Å²) in [5, 5.41) is 1.64. The fourth-order valence-corrected chi connectivity index (χ4v) is 1.81. The zero-order valence-corrected chi connectivity index (χ0v) is 7.94. The smallest absolute Gasteiger partial charge is 0.348 e. The number of alkyl halides is 1. The summed E-state index contributed by atoms with van der Waals surface area (Å²) in [6.45, 7) is -0.124. The molecule has 1 rings (SSSR count). The van der Waals surface area contributed by atoms with E-state index in [9.17, 15) is 9.18 Å². The molecule has 2 N–H and O–H groups in total. The largest absolute Gasteiger partial charge is 0.465 e. The lowest BCUT2D eigenvalue weighted by molar-refractivity contribution is 0.0603. The van der Waals surface area contributed by atoms with Crippen LogP contribution in [0, 0.1) is 0 Å². The molecule has 0 aliphatic rings. The Balaban J connectivity index is 2.95. The van der Waals surface area contributed by atoms with E-state index in [2.05, 4.69) is 4.74 Å². The first kappa shape index (κ1) is 10.1. The van der Waals surface area contributed by atoms with E-state index in [4.69, 9.17) is 5.73 Å². The number of thiophene rings is 1. The Labute approximate surface area is 79.3 Å². The number of methoxy groups -OCH3 is 1. The van der Waals surface area contributed by atoms with E-state index in [1.54, 1.807) is 11.4 Å². The summed E-state index contributed by atoms with van der Waals surface area (Å²) in [5.74, 6) is -0.513. The maximum Gasteiger partial charge on any atom is 0.348 e. The average molecular weight is 203 g/mol. The summed E-state index contributed by atoms with van der Waals surface area (Å²) in [6.07, 6.45) is -1.29. The van der Waals surface area contributed by atoms with Gasteiger partial charge in [0, 0.05) is 12.1 Å². The molecule has 0 aliphatic heterocycles.